The number of hydrogen-bond donors (Lipinski definition) is 0. The van der Waals surface area contributed by atoms with Crippen LogP contribution in [0.3, 0.4) is 0 Å². The highest BCUT2D eigenvalue weighted by Crippen LogP contribution is 2.44. The molecule has 0 saturated carbocycles. The maximum Gasteiger partial charge on any atom is 0.411 e. The van der Waals surface area contributed by atoms with Crippen molar-refractivity contribution in [3.05, 3.63) is 35.9 Å². The first-order valence-corrected chi connectivity index (χ1v) is 6.49. The van der Waals surface area contributed by atoms with E-state index in [0.717, 1.165) is 5.56 Å². The third kappa shape index (κ3) is 2.92. The second-order valence-corrected chi connectivity index (χ2v) is 5.71. The van der Waals surface area contributed by atoms with E-state index >= 15 is 0 Å². The second kappa shape index (κ2) is 5.15. The van der Waals surface area contributed by atoms with Gasteiger partial charge in [-0.1, -0.05) is 30.3 Å². The van der Waals surface area contributed by atoms with Gasteiger partial charge in [-0.05, 0) is 26.3 Å². The lowest BCUT2D eigenvalue weighted by molar-refractivity contribution is -0.140. The van der Waals surface area contributed by atoms with Gasteiger partial charge in [0.05, 0.1) is 13.2 Å². The number of amides is 1. The maximum absolute atomic E-state index is 12.1. The summed E-state index contributed by atoms with van der Waals surface area (Å²) in [6, 6.07) is 8.48. The van der Waals surface area contributed by atoms with E-state index in [1.54, 1.807) is 20.8 Å². The molecule has 1 amide bonds. The summed E-state index contributed by atoms with van der Waals surface area (Å²) in [6.45, 7) is 5.37. The molecule has 0 aliphatic carbocycles. The number of carbonyl (C=O) groups excluding carboxylic acids is 2. The SMILES string of the molecule is COC(=O)[C@@H]1[C@@H](c2ccccc2)N1C(=O)OC(C)(C)C. The van der Waals surface area contributed by atoms with Gasteiger partial charge < -0.3 is 9.47 Å². The molecule has 1 aromatic rings. The molecule has 20 heavy (non-hydrogen) atoms. The molecule has 0 radical (unpaired) electrons. The molecule has 5 nitrogen and oxygen atoms in total. The summed E-state index contributed by atoms with van der Waals surface area (Å²) in [4.78, 5) is 25.3. The third-order valence-corrected chi connectivity index (χ3v) is 3.00. The highest BCUT2D eigenvalue weighted by atomic mass is 16.6. The number of rotatable bonds is 2. The van der Waals surface area contributed by atoms with Crippen LogP contribution in [0.5, 0.6) is 0 Å². The van der Waals surface area contributed by atoms with Gasteiger partial charge in [0.2, 0.25) is 0 Å². The quantitative estimate of drug-likeness (QED) is 0.615. The molecule has 108 valence electrons. The minimum Gasteiger partial charge on any atom is -0.467 e. The van der Waals surface area contributed by atoms with E-state index in [9.17, 15) is 9.59 Å². The average molecular weight is 277 g/mol. The molecule has 2 rings (SSSR count). The van der Waals surface area contributed by atoms with Crippen LogP contribution >= 0.6 is 0 Å². The molecule has 5 heteroatoms. The number of esters is 1. The highest BCUT2D eigenvalue weighted by molar-refractivity contribution is 5.88. The summed E-state index contributed by atoms with van der Waals surface area (Å²) in [5.74, 6) is -0.426. The van der Waals surface area contributed by atoms with E-state index in [2.05, 4.69) is 0 Å². The molecule has 1 aliphatic heterocycles. The topological polar surface area (TPSA) is 55.6 Å². The van der Waals surface area contributed by atoms with Crippen molar-refractivity contribution in [1.82, 2.24) is 4.90 Å². The highest BCUT2D eigenvalue weighted by Gasteiger charge is 2.58. The zero-order valence-electron chi connectivity index (χ0n) is 12.1. The standard InChI is InChI=1S/C15H19NO4/c1-15(2,3)20-14(18)16-11(12(16)13(17)19-4)10-8-6-5-7-9-10/h5-9,11-12H,1-4H3/t11-,12+,16?/m1/s1. The Morgan fingerprint density at radius 2 is 1.75 bits per heavy atom. The first-order chi connectivity index (χ1) is 9.35. The van der Waals surface area contributed by atoms with Crippen LogP contribution < -0.4 is 0 Å². The van der Waals surface area contributed by atoms with Gasteiger partial charge in [0.25, 0.3) is 0 Å². The van der Waals surface area contributed by atoms with Crippen LogP contribution in [0.25, 0.3) is 0 Å². The van der Waals surface area contributed by atoms with Gasteiger partial charge in [-0.3, -0.25) is 4.90 Å². The van der Waals surface area contributed by atoms with Crippen molar-refractivity contribution < 1.29 is 19.1 Å². The van der Waals surface area contributed by atoms with E-state index in [4.69, 9.17) is 9.47 Å². The lowest BCUT2D eigenvalue weighted by Gasteiger charge is -2.20. The Morgan fingerprint density at radius 3 is 2.25 bits per heavy atom. The van der Waals surface area contributed by atoms with E-state index in [1.807, 2.05) is 30.3 Å². The molecule has 0 aromatic heterocycles. The Labute approximate surface area is 118 Å². The molecule has 1 aliphatic rings. The molecule has 1 saturated heterocycles. The predicted octanol–water partition coefficient (Wildman–Crippen LogP) is 2.52. The zero-order valence-corrected chi connectivity index (χ0v) is 12.1. The van der Waals surface area contributed by atoms with Gasteiger partial charge in [-0.2, -0.15) is 0 Å². The van der Waals surface area contributed by atoms with Crippen LogP contribution in [-0.4, -0.2) is 35.7 Å². The van der Waals surface area contributed by atoms with Gasteiger partial charge >= 0.3 is 12.1 Å². The van der Waals surface area contributed by atoms with Crippen molar-refractivity contribution in [3.63, 3.8) is 0 Å². The Bertz CT molecular complexity index is 506. The first-order valence-electron chi connectivity index (χ1n) is 6.49. The fourth-order valence-electron chi connectivity index (χ4n) is 2.13. The molecular formula is C15H19NO4. The number of carbonyl (C=O) groups is 2. The second-order valence-electron chi connectivity index (χ2n) is 5.71. The number of nitrogens with zero attached hydrogens (tertiary/aromatic N) is 1. The largest absolute Gasteiger partial charge is 0.467 e. The minimum atomic E-state index is -0.600. The van der Waals surface area contributed by atoms with Crippen LogP contribution in [-0.2, 0) is 14.3 Å². The van der Waals surface area contributed by atoms with Crippen LogP contribution in [0.2, 0.25) is 0 Å². The van der Waals surface area contributed by atoms with Crippen molar-refractivity contribution in [2.75, 3.05) is 7.11 Å². The van der Waals surface area contributed by atoms with Crippen LogP contribution in [0.4, 0.5) is 4.79 Å². The lowest BCUT2D eigenvalue weighted by Crippen LogP contribution is -2.29. The van der Waals surface area contributed by atoms with E-state index in [0.29, 0.717) is 0 Å². The number of methoxy groups -OCH3 is 1. The predicted molar refractivity (Wildman–Crippen MR) is 73.1 cm³/mol. The average Bonchev–Trinajstić information content (AvgIpc) is 3.12. The summed E-state index contributed by atoms with van der Waals surface area (Å²) in [6.07, 6.45) is -0.498. The van der Waals surface area contributed by atoms with Gasteiger partial charge in [0, 0.05) is 0 Å². The fourth-order valence-corrected chi connectivity index (χ4v) is 2.13. The Morgan fingerprint density at radius 1 is 1.15 bits per heavy atom. The molecule has 1 heterocycles. The lowest BCUT2D eigenvalue weighted by atomic mass is 10.1. The summed E-state index contributed by atoms with van der Waals surface area (Å²) >= 11 is 0. The maximum atomic E-state index is 12.1. The molecular weight excluding hydrogens is 258 g/mol. The Hall–Kier alpha value is -2.04. The van der Waals surface area contributed by atoms with Crippen LogP contribution in [0, 0.1) is 0 Å². The summed E-state index contributed by atoms with van der Waals surface area (Å²) in [5, 5.41) is 0. The van der Waals surface area contributed by atoms with Crippen molar-refractivity contribution in [1.29, 1.82) is 0 Å². The van der Waals surface area contributed by atoms with Gasteiger partial charge in [-0.15, -0.1) is 0 Å². The third-order valence-electron chi connectivity index (χ3n) is 3.00. The van der Waals surface area contributed by atoms with Crippen LogP contribution in [0.1, 0.15) is 32.4 Å². The molecule has 1 fully saturated rings. The summed E-state index contributed by atoms with van der Waals surface area (Å²) < 4.78 is 10.1. The normalized spacial score (nSPS) is 21.3. The van der Waals surface area contributed by atoms with E-state index < -0.39 is 23.7 Å². The zero-order chi connectivity index (χ0) is 14.9. The number of benzene rings is 1. The molecule has 0 bridgehead atoms. The van der Waals surface area contributed by atoms with Crippen molar-refractivity contribution in [2.45, 2.75) is 38.5 Å². The van der Waals surface area contributed by atoms with E-state index in [1.165, 1.54) is 12.0 Å². The first kappa shape index (κ1) is 14.4. The van der Waals surface area contributed by atoms with Crippen molar-refractivity contribution in [3.8, 4) is 0 Å². The Kier molecular flexibility index (Phi) is 3.70. The number of hydrogen-bond acceptors (Lipinski definition) is 4. The van der Waals surface area contributed by atoms with Gasteiger partial charge in [-0.25, -0.2) is 9.59 Å². The van der Waals surface area contributed by atoms with Crippen molar-refractivity contribution >= 4 is 12.1 Å². The molecule has 0 unspecified atom stereocenters. The molecule has 1 aromatic carbocycles. The van der Waals surface area contributed by atoms with Gasteiger partial charge in [0.1, 0.15) is 5.60 Å². The molecule has 0 N–H and O–H groups in total. The van der Waals surface area contributed by atoms with Gasteiger partial charge in [0.15, 0.2) is 6.04 Å². The fraction of sp³-hybridized carbons (Fsp3) is 0.467. The monoisotopic (exact) mass is 277 g/mol. The number of ether oxygens (including phenoxy) is 2. The molecule has 0 spiro atoms. The Balaban J connectivity index is 2.18. The van der Waals surface area contributed by atoms with E-state index in [-0.39, 0.29) is 6.04 Å². The van der Waals surface area contributed by atoms with Crippen LogP contribution in [0.15, 0.2) is 30.3 Å². The summed E-state index contributed by atoms with van der Waals surface area (Å²) in [7, 11) is 1.32. The summed E-state index contributed by atoms with van der Waals surface area (Å²) in [5.41, 5.74) is 0.301. The smallest absolute Gasteiger partial charge is 0.411 e. The minimum absolute atomic E-state index is 0.307. The van der Waals surface area contributed by atoms with Crippen molar-refractivity contribution in [2.24, 2.45) is 0 Å². The molecule has 2 atom stereocenters.